The Morgan fingerprint density at radius 3 is 2.66 bits per heavy atom. The summed E-state index contributed by atoms with van der Waals surface area (Å²) in [7, 11) is 0. The van der Waals surface area contributed by atoms with Gasteiger partial charge in [0.2, 0.25) is 0 Å². The summed E-state index contributed by atoms with van der Waals surface area (Å²) in [6.45, 7) is 10.7. The number of carbonyl (C=O) groups is 1. The van der Waals surface area contributed by atoms with Crippen molar-refractivity contribution in [2.75, 3.05) is 31.1 Å². The minimum Gasteiger partial charge on any atom is -0.444 e. The molecule has 1 N–H and O–H groups in total. The molecule has 0 unspecified atom stereocenters. The Kier molecular flexibility index (Phi) is 5.56. The van der Waals surface area contributed by atoms with Gasteiger partial charge in [-0.25, -0.2) is 9.78 Å². The third-order valence-corrected chi connectivity index (χ3v) is 7.77. The summed E-state index contributed by atoms with van der Waals surface area (Å²) >= 11 is 0. The number of carbonyl (C=O) groups excluding carboxylic acids is 1. The van der Waals surface area contributed by atoms with E-state index in [2.05, 4.69) is 46.3 Å². The highest BCUT2D eigenvalue weighted by Crippen LogP contribution is 2.45. The van der Waals surface area contributed by atoms with Crippen LogP contribution in [0.5, 0.6) is 0 Å². The monoisotopic (exact) mass is 508 g/mol. The van der Waals surface area contributed by atoms with Crippen LogP contribution in [0, 0.1) is 16.7 Å². The SMILES string of the molecule is CCc1ccc2[nH]ncc2c1-c1c(C#N)c(N2CCC3(CN(C(=O)OC(C)(C)C)C3)C2)nc2ccccc12. The van der Waals surface area contributed by atoms with Gasteiger partial charge in [0.05, 0.1) is 17.2 Å². The highest BCUT2D eigenvalue weighted by Gasteiger charge is 2.51. The Morgan fingerprint density at radius 2 is 1.92 bits per heavy atom. The molecule has 2 aliphatic rings. The number of nitrogens with one attached hydrogen (secondary N) is 1. The lowest BCUT2D eigenvalue weighted by Crippen LogP contribution is -2.60. The number of rotatable bonds is 3. The van der Waals surface area contributed by atoms with Crippen LogP contribution in [0.15, 0.2) is 42.6 Å². The van der Waals surface area contributed by atoms with Crippen molar-refractivity contribution in [1.82, 2.24) is 20.1 Å². The van der Waals surface area contributed by atoms with Crippen LogP contribution in [0.4, 0.5) is 10.6 Å². The number of nitriles is 1. The number of amides is 1. The number of aryl methyl sites for hydroxylation is 1. The van der Waals surface area contributed by atoms with Gasteiger partial charge in [0.15, 0.2) is 0 Å². The number of ether oxygens (including phenoxy) is 1. The van der Waals surface area contributed by atoms with E-state index in [1.54, 1.807) is 4.90 Å². The van der Waals surface area contributed by atoms with Gasteiger partial charge in [0, 0.05) is 47.9 Å². The van der Waals surface area contributed by atoms with Gasteiger partial charge >= 0.3 is 6.09 Å². The van der Waals surface area contributed by atoms with Crippen molar-refractivity contribution in [3.63, 3.8) is 0 Å². The molecule has 6 rings (SSSR count). The molecule has 194 valence electrons. The molecule has 1 spiro atoms. The average molecular weight is 509 g/mol. The minimum absolute atomic E-state index is 0.00370. The fraction of sp³-hybridized carbons (Fsp3) is 0.400. The fourth-order valence-electron chi connectivity index (χ4n) is 6.04. The van der Waals surface area contributed by atoms with Crippen LogP contribution < -0.4 is 4.90 Å². The van der Waals surface area contributed by atoms with E-state index < -0.39 is 5.60 Å². The third-order valence-electron chi connectivity index (χ3n) is 7.77. The highest BCUT2D eigenvalue weighted by atomic mass is 16.6. The van der Waals surface area contributed by atoms with Gasteiger partial charge in [0.25, 0.3) is 0 Å². The molecule has 1 amide bonds. The summed E-state index contributed by atoms with van der Waals surface area (Å²) in [6.07, 6.45) is 3.37. The Hall–Kier alpha value is -4.12. The number of para-hydroxylation sites is 1. The molecule has 0 atom stereocenters. The zero-order chi connectivity index (χ0) is 26.7. The van der Waals surface area contributed by atoms with Crippen LogP contribution in [0.25, 0.3) is 32.9 Å². The number of nitrogens with zero attached hydrogens (tertiary/aromatic N) is 5. The molecule has 0 radical (unpaired) electrons. The predicted molar refractivity (Wildman–Crippen MR) is 148 cm³/mol. The van der Waals surface area contributed by atoms with E-state index in [0.717, 1.165) is 64.7 Å². The van der Waals surface area contributed by atoms with Crippen molar-refractivity contribution in [3.05, 3.63) is 53.7 Å². The van der Waals surface area contributed by atoms with Crippen molar-refractivity contribution in [2.24, 2.45) is 5.41 Å². The van der Waals surface area contributed by atoms with Crippen LogP contribution in [0.1, 0.15) is 45.2 Å². The van der Waals surface area contributed by atoms with Crippen molar-refractivity contribution < 1.29 is 9.53 Å². The van der Waals surface area contributed by atoms with Gasteiger partial charge in [-0.2, -0.15) is 10.4 Å². The number of anilines is 1. The molecule has 8 nitrogen and oxygen atoms in total. The lowest BCUT2D eigenvalue weighted by molar-refractivity contribution is -0.0266. The van der Waals surface area contributed by atoms with Crippen molar-refractivity contribution in [2.45, 2.75) is 46.1 Å². The standard InChI is InChI=1S/C30H32N6O2/c1-5-19-10-11-24-22(15-32-34-24)25(19)26-20-8-6-7-9-23(20)33-27(21(26)14-31)35-13-12-30(16-35)17-36(18-30)28(37)38-29(2,3)4/h6-11,15H,5,12-13,16-18H2,1-4H3,(H,32,34). The van der Waals surface area contributed by atoms with Gasteiger partial charge in [-0.05, 0) is 56.9 Å². The summed E-state index contributed by atoms with van der Waals surface area (Å²) < 4.78 is 5.57. The van der Waals surface area contributed by atoms with E-state index in [0.29, 0.717) is 18.7 Å². The zero-order valence-electron chi connectivity index (χ0n) is 22.3. The maximum absolute atomic E-state index is 12.6. The molecule has 2 aromatic heterocycles. The Morgan fingerprint density at radius 1 is 1.13 bits per heavy atom. The molecule has 4 heterocycles. The average Bonchev–Trinajstić information content (AvgIpc) is 3.53. The van der Waals surface area contributed by atoms with Crippen LogP contribution in [0.3, 0.4) is 0 Å². The number of likely N-dealkylation sites (tertiary alicyclic amines) is 1. The van der Waals surface area contributed by atoms with Gasteiger partial charge in [-0.1, -0.05) is 31.2 Å². The molecule has 0 saturated carbocycles. The van der Waals surface area contributed by atoms with Gasteiger partial charge < -0.3 is 14.5 Å². The van der Waals surface area contributed by atoms with Crippen LogP contribution >= 0.6 is 0 Å². The molecule has 38 heavy (non-hydrogen) atoms. The molecule has 2 saturated heterocycles. The van der Waals surface area contributed by atoms with Crippen LogP contribution in [-0.4, -0.2) is 58.0 Å². The lowest BCUT2D eigenvalue weighted by Gasteiger charge is -2.47. The quantitative estimate of drug-likeness (QED) is 0.383. The van der Waals surface area contributed by atoms with E-state index in [1.165, 1.54) is 5.56 Å². The van der Waals surface area contributed by atoms with Crippen molar-refractivity contribution >= 4 is 33.7 Å². The Balaban J connectivity index is 1.42. The minimum atomic E-state index is -0.510. The Bertz CT molecular complexity index is 1600. The first kappa shape index (κ1) is 24.2. The first-order valence-electron chi connectivity index (χ1n) is 13.2. The summed E-state index contributed by atoms with van der Waals surface area (Å²) in [6, 6.07) is 14.8. The normalized spacial score (nSPS) is 16.7. The topological polar surface area (TPSA) is 98.1 Å². The number of aromatic amines is 1. The summed E-state index contributed by atoms with van der Waals surface area (Å²) in [5.41, 5.74) is 5.02. The van der Waals surface area contributed by atoms with E-state index in [4.69, 9.17) is 9.72 Å². The molecule has 4 aromatic rings. The number of pyridine rings is 1. The maximum atomic E-state index is 12.6. The van der Waals surface area contributed by atoms with Crippen molar-refractivity contribution in [3.8, 4) is 17.2 Å². The van der Waals surface area contributed by atoms with E-state index in [9.17, 15) is 10.1 Å². The molecule has 0 aliphatic carbocycles. The highest BCUT2D eigenvalue weighted by molar-refractivity contribution is 6.08. The smallest absolute Gasteiger partial charge is 0.410 e. The lowest BCUT2D eigenvalue weighted by atomic mass is 9.79. The number of hydrogen-bond acceptors (Lipinski definition) is 6. The number of hydrogen-bond donors (Lipinski definition) is 1. The number of H-pyrrole nitrogens is 1. The van der Waals surface area contributed by atoms with Crippen molar-refractivity contribution in [1.29, 1.82) is 5.26 Å². The number of benzene rings is 2. The largest absolute Gasteiger partial charge is 0.444 e. The van der Waals surface area contributed by atoms with Gasteiger partial charge in [-0.3, -0.25) is 5.10 Å². The Labute approximate surface area is 222 Å². The van der Waals surface area contributed by atoms with Crippen LogP contribution in [-0.2, 0) is 11.2 Å². The van der Waals surface area contributed by atoms with Gasteiger partial charge in [0.1, 0.15) is 23.1 Å². The van der Waals surface area contributed by atoms with E-state index in [1.807, 2.05) is 45.2 Å². The second-order valence-electron chi connectivity index (χ2n) is 11.6. The molecule has 2 aromatic carbocycles. The third kappa shape index (κ3) is 3.94. The fourth-order valence-corrected chi connectivity index (χ4v) is 6.04. The number of aromatic nitrogens is 3. The zero-order valence-corrected chi connectivity index (χ0v) is 22.3. The second kappa shape index (κ2) is 8.73. The summed E-state index contributed by atoms with van der Waals surface area (Å²) in [5.74, 6) is 0.719. The predicted octanol–water partition coefficient (Wildman–Crippen LogP) is 5.66. The van der Waals surface area contributed by atoms with Gasteiger partial charge in [-0.15, -0.1) is 0 Å². The van der Waals surface area contributed by atoms with E-state index in [-0.39, 0.29) is 11.5 Å². The molecule has 8 heteroatoms. The summed E-state index contributed by atoms with van der Waals surface area (Å²) in [4.78, 5) is 21.6. The van der Waals surface area contributed by atoms with E-state index >= 15 is 0 Å². The maximum Gasteiger partial charge on any atom is 0.410 e. The molecular weight excluding hydrogens is 476 g/mol. The first-order chi connectivity index (χ1) is 18.2. The molecule has 2 fully saturated rings. The molecule has 0 bridgehead atoms. The van der Waals surface area contributed by atoms with Crippen LogP contribution in [0.2, 0.25) is 0 Å². The first-order valence-corrected chi connectivity index (χ1v) is 13.2. The second-order valence-corrected chi connectivity index (χ2v) is 11.6. The summed E-state index contributed by atoms with van der Waals surface area (Å²) in [5, 5.41) is 19.9. The number of fused-ring (bicyclic) bond motifs is 2. The molecular formula is C30H32N6O2. The molecule has 2 aliphatic heterocycles.